The molecule has 4 heteroatoms. The quantitative estimate of drug-likeness (QED) is 0.779. The number of fused-ring (bicyclic) bond motifs is 1. The number of anilines is 1. The van der Waals surface area contributed by atoms with Gasteiger partial charge in [0.05, 0.1) is 18.7 Å². The van der Waals surface area contributed by atoms with Crippen LogP contribution in [0.5, 0.6) is 0 Å². The molecule has 0 fully saturated rings. The van der Waals surface area contributed by atoms with Crippen LogP contribution in [0.4, 0.5) is 5.69 Å². The first-order valence-corrected chi connectivity index (χ1v) is 5.48. The second-order valence-corrected chi connectivity index (χ2v) is 3.99. The highest BCUT2D eigenvalue weighted by Gasteiger charge is 2.26. The molecule has 0 bridgehead atoms. The van der Waals surface area contributed by atoms with Crippen LogP contribution in [0.1, 0.15) is 11.3 Å². The number of amides is 1. The molecule has 1 amide bonds. The van der Waals surface area contributed by atoms with Gasteiger partial charge in [-0.1, -0.05) is 18.2 Å². The monoisotopic (exact) mass is 225 g/mol. The lowest BCUT2D eigenvalue weighted by atomic mass is 10.2. The Labute approximate surface area is 98.9 Å². The van der Waals surface area contributed by atoms with E-state index in [1.165, 1.54) is 6.33 Å². The Morgan fingerprint density at radius 3 is 2.94 bits per heavy atom. The van der Waals surface area contributed by atoms with Crippen molar-refractivity contribution in [1.82, 2.24) is 9.97 Å². The van der Waals surface area contributed by atoms with E-state index >= 15 is 0 Å². The number of carbonyl (C=O) groups is 1. The average Bonchev–Trinajstić information content (AvgIpc) is 2.68. The number of carbonyl (C=O) groups excluding carboxylic acids is 1. The predicted molar refractivity (Wildman–Crippen MR) is 63.4 cm³/mol. The highest BCUT2D eigenvalue weighted by molar-refractivity contribution is 6.01. The van der Waals surface area contributed by atoms with Gasteiger partial charge in [-0.15, -0.1) is 0 Å². The lowest BCUT2D eigenvalue weighted by molar-refractivity contribution is -0.117. The molecule has 0 atom stereocenters. The summed E-state index contributed by atoms with van der Waals surface area (Å²) in [5, 5.41) is 0. The number of hydrogen-bond donors (Lipinski definition) is 0. The predicted octanol–water partition coefficient (Wildman–Crippen LogP) is 1.57. The van der Waals surface area contributed by atoms with E-state index < -0.39 is 0 Å². The van der Waals surface area contributed by atoms with Gasteiger partial charge in [0.15, 0.2) is 0 Å². The third kappa shape index (κ3) is 1.78. The van der Waals surface area contributed by atoms with E-state index in [-0.39, 0.29) is 5.91 Å². The molecule has 1 aliphatic heterocycles. The molecule has 1 aliphatic rings. The van der Waals surface area contributed by atoms with E-state index in [2.05, 4.69) is 9.97 Å². The molecule has 0 spiro atoms. The van der Waals surface area contributed by atoms with Crippen LogP contribution in [-0.2, 0) is 17.8 Å². The Hall–Kier alpha value is -2.23. The molecule has 2 heterocycles. The second-order valence-electron chi connectivity index (χ2n) is 3.99. The van der Waals surface area contributed by atoms with Gasteiger partial charge in [0.2, 0.25) is 5.91 Å². The van der Waals surface area contributed by atoms with Gasteiger partial charge < -0.3 is 4.90 Å². The molecule has 2 aromatic rings. The van der Waals surface area contributed by atoms with E-state index in [0.717, 1.165) is 16.9 Å². The zero-order valence-corrected chi connectivity index (χ0v) is 9.21. The summed E-state index contributed by atoms with van der Waals surface area (Å²) in [6.45, 7) is 0.512. The summed E-state index contributed by atoms with van der Waals surface area (Å²) in [6.07, 6.45) is 3.68. The van der Waals surface area contributed by atoms with E-state index in [1.807, 2.05) is 30.3 Å². The number of benzene rings is 1. The number of para-hydroxylation sites is 1. The maximum atomic E-state index is 11.9. The Morgan fingerprint density at radius 1 is 1.24 bits per heavy atom. The Bertz CT molecular complexity index is 554. The molecule has 84 valence electrons. The molecule has 0 aliphatic carbocycles. The average molecular weight is 225 g/mol. The minimum atomic E-state index is 0.129. The second kappa shape index (κ2) is 3.97. The Balaban J connectivity index is 1.92. The van der Waals surface area contributed by atoms with Gasteiger partial charge in [0, 0.05) is 11.9 Å². The topological polar surface area (TPSA) is 46.1 Å². The lowest BCUT2D eigenvalue weighted by Crippen LogP contribution is -2.26. The Kier molecular flexibility index (Phi) is 2.33. The van der Waals surface area contributed by atoms with Crippen molar-refractivity contribution in [3.63, 3.8) is 0 Å². The zero-order chi connectivity index (χ0) is 11.7. The van der Waals surface area contributed by atoms with Crippen LogP contribution < -0.4 is 4.90 Å². The fourth-order valence-corrected chi connectivity index (χ4v) is 2.06. The normalized spacial score (nSPS) is 13.9. The van der Waals surface area contributed by atoms with Crippen molar-refractivity contribution in [2.75, 3.05) is 4.90 Å². The third-order valence-electron chi connectivity index (χ3n) is 2.89. The van der Waals surface area contributed by atoms with Gasteiger partial charge >= 0.3 is 0 Å². The maximum absolute atomic E-state index is 11.9. The minimum Gasteiger partial charge on any atom is -0.306 e. The number of rotatable bonds is 2. The fraction of sp³-hybridized carbons (Fsp3) is 0.154. The van der Waals surface area contributed by atoms with Crippen LogP contribution in [0, 0.1) is 0 Å². The van der Waals surface area contributed by atoms with Crippen LogP contribution in [-0.4, -0.2) is 15.9 Å². The molecule has 1 aromatic heterocycles. The molecule has 0 radical (unpaired) electrons. The van der Waals surface area contributed by atoms with Crippen molar-refractivity contribution < 1.29 is 4.79 Å². The van der Waals surface area contributed by atoms with Gasteiger partial charge in [0.1, 0.15) is 6.33 Å². The number of nitrogens with zero attached hydrogens (tertiary/aromatic N) is 3. The molecule has 0 N–H and O–H groups in total. The first-order chi connectivity index (χ1) is 8.34. The lowest BCUT2D eigenvalue weighted by Gasteiger charge is -2.16. The first kappa shape index (κ1) is 9.96. The summed E-state index contributed by atoms with van der Waals surface area (Å²) < 4.78 is 0. The maximum Gasteiger partial charge on any atom is 0.231 e. The summed E-state index contributed by atoms with van der Waals surface area (Å²) in [5.74, 6) is 0.129. The molecule has 0 unspecified atom stereocenters. The first-order valence-electron chi connectivity index (χ1n) is 5.48. The molecular weight excluding hydrogens is 214 g/mol. The van der Waals surface area contributed by atoms with Crippen LogP contribution in [0.3, 0.4) is 0 Å². The fourth-order valence-electron chi connectivity index (χ4n) is 2.06. The van der Waals surface area contributed by atoms with E-state index in [0.29, 0.717) is 13.0 Å². The summed E-state index contributed by atoms with van der Waals surface area (Å²) in [6, 6.07) is 9.70. The van der Waals surface area contributed by atoms with Crippen molar-refractivity contribution in [3.8, 4) is 0 Å². The van der Waals surface area contributed by atoms with Gasteiger partial charge in [-0.05, 0) is 17.7 Å². The van der Waals surface area contributed by atoms with Gasteiger partial charge in [-0.25, -0.2) is 9.97 Å². The van der Waals surface area contributed by atoms with Crippen molar-refractivity contribution in [2.45, 2.75) is 13.0 Å². The van der Waals surface area contributed by atoms with Gasteiger partial charge in [-0.2, -0.15) is 0 Å². The summed E-state index contributed by atoms with van der Waals surface area (Å²) in [5.41, 5.74) is 2.94. The number of hydrogen-bond acceptors (Lipinski definition) is 3. The van der Waals surface area contributed by atoms with Crippen LogP contribution in [0.2, 0.25) is 0 Å². The highest BCUT2D eigenvalue weighted by Crippen LogP contribution is 2.29. The molecule has 1 aromatic carbocycles. The van der Waals surface area contributed by atoms with Crippen molar-refractivity contribution in [2.24, 2.45) is 0 Å². The van der Waals surface area contributed by atoms with E-state index in [4.69, 9.17) is 0 Å². The largest absolute Gasteiger partial charge is 0.306 e. The molecule has 0 saturated carbocycles. The van der Waals surface area contributed by atoms with E-state index in [1.54, 1.807) is 11.1 Å². The van der Waals surface area contributed by atoms with E-state index in [9.17, 15) is 4.79 Å². The molecule has 0 saturated heterocycles. The van der Waals surface area contributed by atoms with Crippen molar-refractivity contribution in [1.29, 1.82) is 0 Å². The molecular formula is C13H11N3O. The number of aromatic nitrogens is 2. The zero-order valence-electron chi connectivity index (χ0n) is 9.21. The minimum absolute atomic E-state index is 0.129. The molecule has 3 rings (SSSR count). The third-order valence-corrected chi connectivity index (χ3v) is 2.89. The van der Waals surface area contributed by atoms with Crippen LogP contribution in [0.15, 0.2) is 42.9 Å². The standard InChI is InChI=1S/C13H11N3O/c17-13-7-10-3-1-2-4-12(10)16(13)8-11-5-6-14-9-15-11/h1-6,9H,7-8H2. The highest BCUT2D eigenvalue weighted by atomic mass is 16.2. The smallest absolute Gasteiger partial charge is 0.231 e. The van der Waals surface area contributed by atoms with Gasteiger partial charge in [-0.3, -0.25) is 4.79 Å². The summed E-state index contributed by atoms with van der Waals surface area (Å²) >= 11 is 0. The van der Waals surface area contributed by atoms with Crippen LogP contribution >= 0.6 is 0 Å². The Morgan fingerprint density at radius 2 is 2.12 bits per heavy atom. The van der Waals surface area contributed by atoms with Crippen molar-refractivity contribution in [3.05, 3.63) is 54.1 Å². The molecule has 17 heavy (non-hydrogen) atoms. The van der Waals surface area contributed by atoms with Gasteiger partial charge in [0.25, 0.3) is 0 Å². The van der Waals surface area contributed by atoms with Crippen molar-refractivity contribution >= 4 is 11.6 Å². The SMILES string of the molecule is O=C1Cc2ccccc2N1Cc1ccncn1. The summed E-state index contributed by atoms with van der Waals surface area (Å²) in [7, 11) is 0. The molecule has 4 nitrogen and oxygen atoms in total. The van der Waals surface area contributed by atoms with Crippen LogP contribution in [0.25, 0.3) is 0 Å². The summed E-state index contributed by atoms with van der Waals surface area (Å²) in [4.78, 5) is 21.7.